The van der Waals surface area contributed by atoms with E-state index in [9.17, 15) is 26.7 Å². The average molecular weight is 527 g/mol. The van der Waals surface area contributed by atoms with E-state index in [0.717, 1.165) is 30.1 Å². The Morgan fingerprint density at radius 1 is 1.09 bits per heavy atom. The molecule has 1 atom stereocenters. The van der Waals surface area contributed by atoms with E-state index in [4.69, 9.17) is 16.3 Å². The zero-order chi connectivity index (χ0) is 24.9. The molecule has 3 heterocycles. The summed E-state index contributed by atoms with van der Waals surface area (Å²) in [6.07, 6.45) is -1.71. The summed E-state index contributed by atoms with van der Waals surface area (Å²) < 4.78 is 78.2. The largest absolute Gasteiger partial charge is 0.457 e. The van der Waals surface area contributed by atoms with E-state index in [1.807, 2.05) is 0 Å². The van der Waals surface area contributed by atoms with E-state index in [1.165, 1.54) is 17.0 Å². The van der Waals surface area contributed by atoms with Crippen LogP contribution in [0.3, 0.4) is 0 Å². The molecule has 35 heavy (non-hydrogen) atoms. The van der Waals surface area contributed by atoms with Crippen molar-refractivity contribution in [2.45, 2.75) is 23.7 Å². The van der Waals surface area contributed by atoms with Gasteiger partial charge in [0.25, 0.3) is 0 Å². The molecule has 1 unspecified atom stereocenters. The average Bonchev–Trinajstić information content (AvgIpc) is 3.00. The highest BCUT2D eigenvalue weighted by Gasteiger charge is 2.38. The SMILES string of the molecule is O=c1ncc2cc(C(F)(F)F)c(-c3cc(Cl)c(F)cc3F)c3c2n1CC(Oc1ncccn1)CS3. The minimum atomic E-state index is -4.91. The lowest BCUT2D eigenvalue weighted by Gasteiger charge is -2.20. The third-order valence-electron chi connectivity index (χ3n) is 5.30. The standard InChI is InChI=1S/C22H12ClF5N4O2S/c23-14-5-12(15(24)6-16(14)25)17-13(22(26,27)28)4-10-7-31-21(33)32-8-11(9-35-19(17)18(10)32)34-20-29-2-1-3-30-20/h1-7,11H,8-9H2. The van der Waals surface area contributed by atoms with Gasteiger partial charge >= 0.3 is 17.9 Å². The molecule has 180 valence electrons. The van der Waals surface area contributed by atoms with Crippen molar-refractivity contribution in [1.82, 2.24) is 19.5 Å². The Labute approximate surface area is 202 Å². The maximum absolute atomic E-state index is 14.9. The fourth-order valence-electron chi connectivity index (χ4n) is 3.85. The topological polar surface area (TPSA) is 69.9 Å². The maximum atomic E-state index is 14.9. The number of nitrogens with zero attached hydrogens (tertiary/aromatic N) is 4. The molecule has 6 nitrogen and oxygen atoms in total. The minimum absolute atomic E-state index is 0.0183. The third-order valence-corrected chi connectivity index (χ3v) is 6.81. The van der Waals surface area contributed by atoms with E-state index >= 15 is 0 Å². The van der Waals surface area contributed by atoms with Gasteiger partial charge in [-0.1, -0.05) is 11.6 Å². The van der Waals surface area contributed by atoms with E-state index < -0.39 is 51.3 Å². The first kappa shape index (κ1) is 23.5. The van der Waals surface area contributed by atoms with Crippen molar-refractivity contribution >= 4 is 34.3 Å². The number of hydrogen-bond acceptors (Lipinski definition) is 6. The molecular formula is C22H12ClF5N4O2S. The van der Waals surface area contributed by atoms with Crippen molar-refractivity contribution in [1.29, 1.82) is 0 Å². The summed E-state index contributed by atoms with van der Waals surface area (Å²) in [5.74, 6) is -2.27. The van der Waals surface area contributed by atoms with Gasteiger partial charge in [0.15, 0.2) is 0 Å². The van der Waals surface area contributed by atoms with Crippen LogP contribution in [0.2, 0.25) is 5.02 Å². The van der Waals surface area contributed by atoms with Gasteiger partial charge in [0.1, 0.15) is 17.7 Å². The fourth-order valence-corrected chi connectivity index (χ4v) is 5.27. The Balaban J connectivity index is 1.78. The van der Waals surface area contributed by atoms with Gasteiger partial charge < -0.3 is 4.74 Å². The zero-order valence-corrected chi connectivity index (χ0v) is 18.9. The van der Waals surface area contributed by atoms with Gasteiger partial charge in [-0.2, -0.15) is 13.2 Å². The van der Waals surface area contributed by atoms with E-state index in [-0.39, 0.29) is 34.1 Å². The van der Waals surface area contributed by atoms with Crippen molar-refractivity contribution in [2.24, 2.45) is 0 Å². The molecule has 0 saturated heterocycles. The van der Waals surface area contributed by atoms with Crippen LogP contribution in [0.1, 0.15) is 5.56 Å². The van der Waals surface area contributed by atoms with Gasteiger partial charge in [0.05, 0.1) is 22.6 Å². The number of benzene rings is 2. The molecule has 0 fully saturated rings. The molecule has 0 spiro atoms. The Morgan fingerprint density at radius 3 is 2.54 bits per heavy atom. The lowest BCUT2D eigenvalue weighted by molar-refractivity contribution is -0.137. The van der Waals surface area contributed by atoms with Crippen LogP contribution in [0.4, 0.5) is 22.0 Å². The van der Waals surface area contributed by atoms with Crippen molar-refractivity contribution in [3.05, 3.63) is 75.6 Å². The van der Waals surface area contributed by atoms with Crippen molar-refractivity contribution < 1.29 is 26.7 Å². The molecule has 0 saturated carbocycles. The van der Waals surface area contributed by atoms with E-state index in [0.29, 0.717) is 6.07 Å². The molecule has 0 N–H and O–H groups in total. The van der Waals surface area contributed by atoms with Gasteiger partial charge in [-0.3, -0.25) is 4.57 Å². The Morgan fingerprint density at radius 2 is 1.83 bits per heavy atom. The molecule has 4 aromatic rings. The molecule has 2 aromatic carbocycles. The minimum Gasteiger partial charge on any atom is -0.457 e. The van der Waals surface area contributed by atoms with Gasteiger partial charge in [0.2, 0.25) is 0 Å². The van der Waals surface area contributed by atoms with Crippen LogP contribution < -0.4 is 10.4 Å². The van der Waals surface area contributed by atoms with Crippen LogP contribution in [0.25, 0.3) is 22.0 Å². The number of thioether (sulfide) groups is 1. The Kier molecular flexibility index (Phi) is 5.88. The molecule has 5 rings (SSSR count). The van der Waals surface area contributed by atoms with Crippen LogP contribution in [-0.4, -0.2) is 31.4 Å². The lowest BCUT2D eigenvalue weighted by Crippen LogP contribution is -2.32. The second-order valence-electron chi connectivity index (χ2n) is 7.54. The molecule has 13 heteroatoms. The van der Waals surface area contributed by atoms with Crippen LogP contribution in [-0.2, 0) is 12.7 Å². The number of hydrogen-bond donors (Lipinski definition) is 0. The quantitative estimate of drug-likeness (QED) is 0.264. The first-order chi connectivity index (χ1) is 16.6. The lowest BCUT2D eigenvalue weighted by atomic mass is 9.96. The fraction of sp³-hybridized carbons (Fsp3) is 0.182. The summed E-state index contributed by atoms with van der Waals surface area (Å²) in [5, 5.41) is -0.525. The van der Waals surface area contributed by atoms with Gasteiger partial charge in [-0.15, -0.1) is 11.8 Å². The first-order valence-corrected chi connectivity index (χ1v) is 11.3. The number of ether oxygens (including phenoxy) is 1. The summed E-state index contributed by atoms with van der Waals surface area (Å²) >= 11 is 6.74. The van der Waals surface area contributed by atoms with E-state index in [1.54, 1.807) is 6.07 Å². The number of rotatable bonds is 3. The highest BCUT2D eigenvalue weighted by Crippen LogP contribution is 2.48. The second-order valence-corrected chi connectivity index (χ2v) is 8.98. The van der Waals surface area contributed by atoms with Crippen molar-refractivity contribution in [3.63, 3.8) is 0 Å². The molecular weight excluding hydrogens is 515 g/mol. The second kappa shape index (κ2) is 8.76. The normalized spacial score (nSPS) is 15.8. The maximum Gasteiger partial charge on any atom is 0.417 e. The summed E-state index contributed by atoms with van der Waals surface area (Å²) in [6, 6.07) is 3.61. The van der Waals surface area contributed by atoms with Crippen LogP contribution in [0.15, 0.2) is 52.5 Å². The summed E-state index contributed by atoms with van der Waals surface area (Å²) in [7, 11) is 0. The predicted octanol–water partition coefficient (Wildman–Crippen LogP) is 5.36. The summed E-state index contributed by atoms with van der Waals surface area (Å²) in [6.45, 7) is -0.0705. The highest BCUT2D eigenvalue weighted by atomic mass is 35.5. The third kappa shape index (κ3) is 4.31. The van der Waals surface area contributed by atoms with Crippen LogP contribution >= 0.6 is 23.4 Å². The van der Waals surface area contributed by atoms with Crippen molar-refractivity contribution in [2.75, 3.05) is 5.75 Å². The Bertz CT molecular complexity index is 1510. The summed E-state index contributed by atoms with van der Waals surface area (Å²) in [5.41, 5.74) is -2.88. The number of aromatic nitrogens is 4. The smallest absolute Gasteiger partial charge is 0.417 e. The molecule has 0 radical (unpaired) electrons. The van der Waals surface area contributed by atoms with Gasteiger partial charge in [-0.05, 0) is 18.2 Å². The van der Waals surface area contributed by atoms with Crippen LogP contribution in [0.5, 0.6) is 6.01 Å². The van der Waals surface area contributed by atoms with E-state index in [2.05, 4.69) is 15.0 Å². The van der Waals surface area contributed by atoms with Crippen LogP contribution in [0, 0.1) is 11.6 Å². The monoisotopic (exact) mass is 526 g/mol. The molecule has 0 amide bonds. The molecule has 0 aliphatic carbocycles. The molecule has 0 bridgehead atoms. The van der Waals surface area contributed by atoms with Gasteiger partial charge in [0, 0.05) is 51.8 Å². The Hall–Kier alpha value is -3.25. The molecule has 1 aliphatic rings. The number of halogens is 6. The predicted molar refractivity (Wildman–Crippen MR) is 119 cm³/mol. The molecule has 2 aromatic heterocycles. The van der Waals surface area contributed by atoms with Crippen molar-refractivity contribution in [3.8, 4) is 17.1 Å². The number of alkyl halides is 3. The van der Waals surface area contributed by atoms with Gasteiger partial charge in [-0.25, -0.2) is 28.5 Å². The first-order valence-electron chi connectivity index (χ1n) is 9.98. The zero-order valence-electron chi connectivity index (χ0n) is 17.3. The molecule has 1 aliphatic heterocycles. The summed E-state index contributed by atoms with van der Waals surface area (Å²) in [4.78, 5) is 24.3. The highest BCUT2D eigenvalue weighted by molar-refractivity contribution is 7.99.